The fraction of sp³-hybridized carbons (Fsp3) is 0.917. The Balaban J connectivity index is 1.85. The molecule has 2 aliphatic rings. The highest BCUT2D eigenvalue weighted by Gasteiger charge is 2.34. The predicted molar refractivity (Wildman–Crippen MR) is 66.3 cm³/mol. The Morgan fingerprint density at radius 3 is 2.59 bits per heavy atom. The van der Waals surface area contributed by atoms with Gasteiger partial charge in [0.05, 0.1) is 17.4 Å². The summed E-state index contributed by atoms with van der Waals surface area (Å²) in [6.45, 7) is 2.21. The third-order valence-electron chi connectivity index (χ3n) is 3.89. The zero-order valence-electron chi connectivity index (χ0n) is 10.3. The van der Waals surface area contributed by atoms with Gasteiger partial charge in [0, 0.05) is 6.04 Å². The number of amides is 1. The summed E-state index contributed by atoms with van der Waals surface area (Å²) in [5.74, 6) is 0.525. The summed E-state index contributed by atoms with van der Waals surface area (Å²) in [6.07, 6.45) is 4.97. The van der Waals surface area contributed by atoms with Gasteiger partial charge in [-0.2, -0.15) is 0 Å². The summed E-state index contributed by atoms with van der Waals surface area (Å²) in [7, 11) is -2.95. The van der Waals surface area contributed by atoms with E-state index < -0.39 is 9.84 Å². The van der Waals surface area contributed by atoms with Crippen LogP contribution in [0.5, 0.6) is 0 Å². The molecule has 5 heteroatoms. The van der Waals surface area contributed by atoms with Gasteiger partial charge in [-0.05, 0) is 25.2 Å². The summed E-state index contributed by atoms with van der Waals surface area (Å²) in [5.41, 5.74) is 0. The molecule has 1 saturated heterocycles. The van der Waals surface area contributed by atoms with E-state index in [1.54, 1.807) is 0 Å². The molecule has 2 rings (SSSR count). The van der Waals surface area contributed by atoms with Crippen molar-refractivity contribution in [2.75, 3.05) is 11.5 Å². The van der Waals surface area contributed by atoms with E-state index in [9.17, 15) is 13.2 Å². The number of carbonyl (C=O) groups excluding carboxylic acids is 1. The van der Waals surface area contributed by atoms with Crippen molar-refractivity contribution in [3.8, 4) is 0 Å². The fourth-order valence-electron chi connectivity index (χ4n) is 2.89. The lowest BCUT2D eigenvalue weighted by atomic mass is 9.87. The fourth-order valence-corrected chi connectivity index (χ4v) is 4.63. The van der Waals surface area contributed by atoms with E-state index in [0.717, 1.165) is 19.3 Å². The third kappa shape index (κ3) is 3.44. The molecule has 1 saturated carbocycles. The molecular formula is C12H21NO3S. The van der Waals surface area contributed by atoms with Crippen LogP contribution < -0.4 is 5.32 Å². The van der Waals surface area contributed by atoms with E-state index in [2.05, 4.69) is 12.2 Å². The molecule has 4 nitrogen and oxygen atoms in total. The van der Waals surface area contributed by atoms with Gasteiger partial charge < -0.3 is 5.32 Å². The minimum absolute atomic E-state index is 0.0428. The van der Waals surface area contributed by atoms with Crippen molar-refractivity contribution in [2.24, 2.45) is 11.8 Å². The van der Waals surface area contributed by atoms with E-state index in [4.69, 9.17) is 0 Å². The molecule has 0 spiro atoms. The minimum Gasteiger partial charge on any atom is -0.353 e. The Hall–Kier alpha value is -0.580. The Morgan fingerprint density at radius 2 is 2.00 bits per heavy atom. The molecule has 2 fully saturated rings. The summed E-state index contributed by atoms with van der Waals surface area (Å²) < 4.78 is 22.6. The molecule has 0 radical (unpaired) electrons. The van der Waals surface area contributed by atoms with E-state index in [1.165, 1.54) is 6.42 Å². The van der Waals surface area contributed by atoms with Crippen LogP contribution in [0.4, 0.5) is 0 Å². The molecule has 0 aromatic rings. The highest BCUT2D eigenvalue weighted by Crippen LogP contribution is 2.25. The van der Waals surface area contributed by atoms with E-state index in [-0.39, 0.29) is 29.4 Å². The number of hydrogen-bond acceptors (Lipinski definition) is 3. The lowest BCUT2D eigenvalue weighted by Crippen LogP contribution is -2.41. The number of carbonyl (C=O) groups is 1. The average Bonchev–Trinajstić information content (AvgIpc) is 2.59. The largest absolute Gasteiger partial charge is 0.353 e. The molecule has 1 aliphatic carbocycles. The van der Waals surface area contributed by atoms with Crippen LogP contribution in [-0.4, -0.2) is 31.9 Å². The monoisotopic (exact) mass is 259 g/mol. The topological polar surface area (TPSA) is 63.2 Å². The van der Waals surface area contributed by atoms with Crippen molar-refractivity contribution in [3.63, 3.8) is 0 Å². The Bertz CT molecular complexity index is 391. The van der Waals surface area contributed by atoms with Gasteiger partial charge in [-0.25, -0.2) is 8.42 Å². The molecule has 0 aromatic heterocycles. The molecule has 1 amide bonds. The lowest BCUT2D eigenvalue weighted by molar-refractivity contribution is -0.125. The number of nitrogens with one attached hydrogen (secondary N) is 1. The zero-order chi connectivity index (χ0) is 12.5. The maximum atomic E-state index is 11.9. The molecule has 17 heavy (non-hydrogen) atoms. The van der Waals surface area contributed by atoms with Gasteiger partial charge in [0.25, 0.3) is 0 Å². The smallest absolute Gasteiger partial charge is 0.224 e. The molecular weight excluding hydrogens is 238 g/mol. The number of rotatable bonds is 2. The highest BCUT2D eigenvalue weighted by molar-refractivity contribution is 7.91. The highest BCUT2D eigenvalue weighted by atomic mass is 32.2. The Kier molecular flexibility index (Phi) is 3.76. The van der Waals surface area contributed by atoms with E-state index in [0.29, 0.717) is 12.3 Å². The number of sulfone groups is 1. The van der Waals surface area contributed by atoms with Gasteiger partial charge >= 0.3 is 0 Å². The molecule has 0 aromatic carbocycles. The third-order valence-corrected chi connectivity index (χ3v) is 5.65. The van der Waals surface area contributed by atoms with Crippen LogP contribution in [0.3, 0.4) is 0 Å². The normalized spacial score (nSPS) is 36.6. The van der Waals surface area contributed by atoms with Crippen LogP contribution >= 0.6 is 0 Å². The second-order valence-corrected chi connectivity index (χ2v) is 7.81. The van der Waals surface area contributed by atoms with E-state index in [1.807, 2.05) is 0 Å². The molecule has 0 bridgehead atoms. The SMILES string of the molecule is CC1CCCC(NC(=O)C2CCS(=O)(=O)C2)C1. The van der Waals surface area contributed by atoms with Crippen molar-refractivity contribution in [3.05, 3.63) is 0 Å². The van der Waals surface area contributed by atoms with Gasteiger partial charge in [-0.15, -0.1) is 0 Å². The van der Waals surface area contributed by atoms with Crippen molar-refractivity contribution >= 4 is 15.7 Å². The van der Waals surface area contributed by atoms with Gasteiger partial charge in [0.1, 0.15) is 0 Å². The molecule has 1 N–H and O–H groups in total. The van der Waals surface area contributed by atoms with Crippen molar-refractivity contribution in [1.82, 2.24) is 5.32 Å². The maximum absolute atomic E-state index is 11.9. The minimum atomic E-state index is -2.95. The summed E-state index contributed by atoms with van der Waals surface area (Å²) in [4.78, 5) is 11.9. The van der Waals surface area contributed by atoms with Gasteiger partial charge in [-0.1, -0.05) is 19.8 Å². The first-order chi connectivity index (χ1) is 7.96. The lowest BCUT2D eigenvalue weighted by Gasteiger charge is -2.28. The van der Waals surface area contributed by atoms with Gasteiger partial charge in [0.15, 0.2) is 9.84 Å². The van der Waals surface area contributed by atoms with Gasteiger partial charge in [0.2, 0.25) is 5.91 Å². The van der Waals surface area contributed by atoms with Crippen molar-refractivity contribution in [2.45, 2.75) is 45.1 Å². The van der Waals surface area contributed by atoms with Gasteiger partial charge in [-0.3, -0.25) is 4.79 Å². The summed E-state index contributed by atoms with van der Waals surface area (Å²) in [6, 6.07) is 0.259. The first-order valence-electron chi connectivity index (χ1n) is 6.47. The van der Waals surface area contributed by atoms with Crippen LogP contribution in [0.25, 0.3) is 0 Å². The number of hydrogen-bond donors (Lipinski definition) is 1. The van der Waals surface area contributed by atoms with Crippen molar-refractivity contribution < 1.29 is 13.2 Å². The molecule has 1 aliphatic heterocycles. The molecule has 1 heterocycles. The van der Waals surface area contributed by atoms with Crippen LogP contribution in [0.2, 0.25) is 0 Å². The molecule has 3 unspecified atom stereocenters. The molecule has 98 valence electrons. The van der Waals surface area contributed by atoms with Crippen LogP contribution in [0.1, 0.15) is 39.0 Å². The predicted octanol–water partition coefficient (Wildman–Crippen LogP) is 1.12. The second kappa shape index (κ2) is 4.96. The average molecular weight is 259 g/mol. The van der Waals surface area contributed by atoms with Crippen molar-refractivity contribution in [1.29, 1.82) is 0 Å². The summed E-state index contributed by atoms with van der Waals surface area (Å²) >= 11 is 0. The van der Waals surface area contributed by atoms with Crippen LogP contribution in [-0.2, 0) is 14.6 Å². The standard InChI is InChI=1S/C12H21NO3S/c1-9-3-2-4-11(7-9)13-12(14)10-5-6-17(15,16)8-10/h9-11H,2-8H2,1H3,(H,13,14). The molecule has 3 atom stereocenters. The second-order valence-electron chi connectivity index (χ2n) is 5.58. The Labute approximate surface area is 103 Å². The zero-order valence-corrected chi connectivity index (χ0v) is 11.1. The maximum Gasteiger partial charge on any atom is 0.224 e. The first kappa shape index (κ1) is 12.9. The van der Waals surface area contributed by atoms with Crippen LogP contribution in [0.15, 0.2) is 0 Å². The summed E-state index contributed by atoms with van der Waals surface area (Å²) in [5, 5.41) is 3.03. The quantitative estimate of drug-likeness (QED) is 0.808. The van der Waals surface area contributed by atoms with Crippen LogP contribution in [0, 0.1) is 11.8 Å². The van der Waals surface area contributed by atoms with E-state index >= 15 is 0 Å². The first-order valence-corrected chi connectivity index (χ1v) is 8.29. The Morgan fingerprint density at radius 1 is 1.24 bits per heavy atom.